The number of hydrogen-bond acceptors (Lipinski definition) is 5. The number of rotatable bonds is 7. The first-order chi connectivity index (χ1) is 14.4. The van der Waals surface area contributed by atoms with E-state index < -0.39 is 24.3 Å². The molecule has 1 heterocycles. The summed E-state index contributed by atoms with van der Waals surface area (Å²) >= 11 is 6.28. The molecule has 0 aliphatic heterocycles. The number of halogens is 2. The number of carbonyl (C=O) groups excluding carboxylic acids is 2. The Hall–Kier alpha value is -3.39. The molecule has 0 spiro atoms. The third kappa shape index (κ3) is 4.77. The van der Waals surface area contributed by atoms with Crippen LogP contribution in [0.15, 0.2) is 48.5 Å². The minimum atomic E-state index is -0.779. The first kappa shape index (κ1) is 21.3. The second-order valence-electron chi connectivity index (χ2n) is 6.30. The summed E-state index contributed by atoms with van der Waals surface area (Å²) in [5, 5.41) is 6.87. The molecule has 2 aromatic carbocycles. The number of amides is 1. The van der Waals surface area contributed by atoms with Crippen LogP contribution in [-0.4, -0.2) is 35.4 Å². The number of nitrogens with one attached hydrogen (secondary N) is 1. The summed E-state index contributed by atoms with van der Waals surface area (Å²) in [6, 6.07) is 12.7. The molecule has 156 valence electrons. The van der Waals surface area contributed by atoms with Crippen LogP contribution in [0.5, 0.6) is 5.75 Å². The van der Waals surface area contributed by atoms with Gasteiger partial charge in [-0.15, -0.1) is 0 Å². The van der Waals surface area contributed by atoms with E-state index in [-0.39, 0.29) is 17.3 Å². The zero-order chi connectivity index (χ0) is 21.7. The van der Waals surface area contributed by atoms with E-state index in [1.165, 1.54) is 28.9 Å². The van der Waals surface area contributed by atoms with Crippen molar-refractivity contribution in [2.45, 2.75) is 13.5 Å². The number of benzene rings is 2. The summed E-state index contributed by atoms with van der Waals surface area (Å²) in [6.07, 6.45) is 0. The zero-order valence-corrected chi connectivity index (χ0v) is 17.1. The fourth-order valence-corrected chi connectivity index (χ4v) is 3.13. The van der Waals surface area contributed by atoms with E-state index in [9.17, 15) is 14.0 Å². The van der Waals surface area contributed by atoms with Gasteiger partial charge in [-0.3, -0.25) is 4.79 Å². The molecule has 1 N–H and O–H groups in total. The molecule has 9 heteroatoms. The topological polar surface area (TPSA) is 82.4 Å². The third-order valence-corrected chi connectivity index (χ3v) is 4.63. The highest BCUT2D eigenvalue weighted by Crippen LogP contribution is 2.24. The predicted octanol–water partition coefficient (Wildman–Crippen LogP) is 3.46. The number of hydrogen-bond donors (Lipinski definition) is 1. The van der Waals surface area contributed by atoms with Gasteiger partial charge >= 0.3 is 5.97 Å². The fourth-order valence-electron chi connectivity index (χ4n) is 2.78. The lowest BCUT2D eigenvalue weighted by atomic mass is 10.2. The number of aromatic nitrogens is 2. The van der Waals surface area contributed by atoms with Crippen molar-refractivity contribution in [3.8, 4) is 11.4 Å². The van der Waals surface area contributed by atoms with Gasteiger partial charge in [0.15, 0.2) is 6.61 Å². The van der Waals surface area contributed by atoms with Crippen LogP contribution in [0.3, 0.4) is 0 Å². The molecule has 7 nitrogen and oxygen atoms in total. The number of ether oxygens (including phenoxy) is 2. The van der Waals surface area contributed by atoms with E-state index in [4.69, 9.17) is 21.1 Å². The lowest BCUT2D eigenvalue weighted by molar-refractivity contribution is -0.124. The molecule has 3 aromatic rings. The third-order valence-electron chi connectivity index (χ3n) is 4.28. The summed E-state index contributed by atoms with van der Waals surface area (Å²) in [6.45, 7) is 1.33. The highest BCUT2D eigenvalue weighted by Gasteiger charge is 2.23. The molecular weight excluding hydrogens is 413 g/mol. The molecule has 30 heavy (non-hydrogen) atoms. The molecule has 0 radical (unpaired) electrons. The molecule has 0 bridgehead atoms. The number of carbonyl (C=O) groups is 2. The molecular formula is C21H19ClFN3O4. The molecule has 0 saturated carbocycles. The minimum absolute atomic E-state index is 0.0125. The van der Waals surface area contributed by atoms with Gasteiger partial charge in [0, 0.05) is 12.1 Å². The van der Waals surface area contributed by atoms with Gasteiger partial charge in [0.25, 0.3) is 5.91 Å². The van der Waals surface area contributed by atoms with E-state index in [0.29, 0.717) is 17.1 Å². The Kier molecular flexibility index (Phi) is 6.68. The van der Waals surface area contributed by atoms with E-state index in [0.717, 1.165) is 5.56 Å². The molecule has 0 aliphatic carbocycles. The maximum absolute atomic E-state index is 13.1. The normalized spacial score (nSPS) is 10.5. The standard InChI is InChI=1S/C21H19ClFN3O4/c1-13-19(20(22)26(25-13)16-9-7-15(23)8-10-16)21(28)30-12-18(27)24-11-14-5-3-4-6-17(14)29-2/h3-10H,11-12H2,1-2H3,(H,24,27). The monoisotopic (exact) mass is 431 g/mol. The zero-order valence-electron chi connectivity index (χ0n) is 16.3. The van der Waals surface area contributed by atoms with Gasteiger partial charge in [-0.05, 0) is 37.3 Å². The van der Waals surface area contributed by atoms with E-state index in [1.807, 2.05) is 18.2 Å². The second-order valence-corrected chi connectivity index (χ2v) is 6.66. The lowest BCUT2D eigenvalue weighted by Crippen LogP contribution is -2.28. The van der Waals surface area contributed by atoms with Crippen LogP contribution < -0.4 is 10.1 Å². The average Bonchev–Trinajstić information content (AvgIpc) is 3.05. The molecule has 1 amide bonds. The number of aryl methyl sites for hydroxylation is 1. The van der Waals surface area contributed by atoms with Crippen molar-refractivity contribution in [1.82, 2.24) is 15.1 Å². The quantitative estimate of drug-likeness (QED) is 0.579. The van der Waals surface area contributed by atoms with Gasteiger partial charge in [0.2, 0.25) is 0 Å². The minimum Gasteiger partial charge on any atom is -0.496 e. The van der Waals surface area contributed by atoms with Gasteiger partial charge in [-0.1, -0.05) is 29.8 Å². The predicted molar refractivity (Wildman–Crippen MR) is 108 cm³/mol. The molecule has 0 atom stereocenters. The van der Waals surface area contributed by atoms with Crippen LogP contribution in [0.1, 0.15) is 21.6 Å². The maximum Gasteiger partial charge on any atom is 0.343 e. The Labute approximate surface area is 177 Å². The van der Waals surface area contributed by atoms with Gasteiger partial charge < -0.3 is 14.8 Å². The Balaban J connectivity index is 1.62. The fraction of sp³-hybridized carbons (Fsp3) is 0.190. The van der Waals surface area contributed by atoms with E-state index in [2.05, 4.69) is 10.4 Å². The van der Waals surface area contributed by atoms with Crippen LogP contribution >= 0.6 is 11.6 Å². The Bertz CT molecular complexity index is 1070. The van der Waals surface area contributed by atoms with E-state index >= 15 is 0 Å². The summed E-state index contributed by atoms with van der Waals surface area (Å²) in [5.41, 5.74) is 1.64. The number of methoxy groups -OCH3 is 1. The lowest BCUT2D eigenvalue weighted by Gasteiger charge is -2.10. The summed E-state index contributed by atoms with van der Waals surface area (Å²) < 4.78 is 24.7. The van der Waals surface area contributed by atoms with Crippen LogP contribution in [-0.2, 0) is 16.1 Å². The Morgan fingerprint density at radius 1 is 1.17 bits per heavy atom. The number of nitrogens with zero attached hydrogens (tertiary/aromatic N) is 2. The van der Waals surface area contributed by atoms with Crippen molar-refractivity contribution < 1.29 is 23.5 Å². The highest BCUT2D eigenvalue weighted by atomic mass is 35.5. The van der Waals surface area contributed by atoms with Crippen molar-refractivity contribution in [2.24, 2.45) is 0 Å². The van der Waals surface area contributed by atoms with Crippen LogP contribution in [0.4, 0.5) is 4.39 Å². The maximum atomic E-state index is 13.1. The molecule has 1 aromatic heterocycles. The summed E-state index contributed by atoms with van der Waals surface area (Å²) in [4.78, 5) is 24.5. The van der Waals surface area contributed by atoms with Crippen molar-refractivity contribution in [3.63, 3.8) is 0 Å². The molecule has 3 rings (SSSR count). The Morgan fingerprint density at radius 3 is 2.57 bits per heavy atom. The molecule has 0 saturated heterocycles. The first-order valence-electron chi connectivity index (χ1n) is 8.97. The van der Waals surface area contributed by atoms with Crippen LogP contribution in [0.25, 0.3) is 5.69 Å². The van der Waals surface area contributed by atoms with Crippen molar-refractivity contribution in [3.05, 3.63) is 76.3 Å². The van der Waals surface area contributed by atoms with Crippen LogP contribution in [0, 0.1) is 12.7 Å². The first-order valence-corrected chi connectivity index (χ1v) is 9.35. The molecule has 0 fully saturated rings. The molecule has 0 unspecified atom stereocenters. The van der Waals surface area contributed by atoms with Gasteiger partial charge in [0.1, 0.15) is 22.3 Å². The largest absolute Gasteiger partial charge is 0.496 e. The molecule has 0 aliphatic rings. The second kappa shape index (κ2) is 9.41. The summed E-state index contributed by atoms with van der Waals surface area (Å²) in [7, 11) is 1.54. The number of esters is 1. The van der Waals surface area contributed by atoms with Gasteiger partial charge in [-0.25, -0.2) is 13.9 Å². The van der Waals surface area contributed by atoms with Crippen LogP contribution in [0.2, 0.25) is 5.15 Å². The van der Waals surface area contributed by atoms with Gasteiger partial charge in [0.05, 0.1) is 18.5 Å². The van der Waals surface area contributed by atoms with Crippen molar-refractivity contribution >= 4 is 23.5 Å². The Morgan fingerprint density at radius 2 is 1.87 bits per heavy atom. The highest BCUT2D eigenvalue weighted by molar-refractivity contribution is 6.33. The summed E-state index contributed by atoms with van der Waals surface area (Å²) in [5.74, 6) is -1.02. The van der Waals surface area contributed by atoms with Gasteiger partial charge in [-0.2, -0.15) is 5.10 Å². The van der Waals surface area contributed by atoms with Crippen molar-refractivity contribution in [2.75, 3.05) is 13.7 Å². The number of para-hydroxylation sites is 1. The van der Waals surface area contributed by atoms with E-state index in [1.54, 1.807) is 20.1 Å². The smallest absolute Gasteiger partial charge is 0.343 e. The van der Waals surface area contributed by atoms with Crippen molar-refractivity contribution in [1.29, 1.82) is 0 Å². The average molecular weight is 432 g/mol. The SMILES string of the molecule is COc1ccccc1CNC(=O)COC(=O)c1c(C)nn(-c2ccc(F)cc2)c1Cl.